The number of nitrogens with one attached hydrogen (secondary N) is 1. The molecule has 0 aromatic heterocycles. The number of carbonyl (C=O) groups is 2. The molecule has 0 heterocycles. The number of benzene rings is 2. The summed E-state index contributed by atoms with van der Waals surface area (Å²) in [7, 11) is -3.75. The number of aryl methyl sites for hydroxylation is 1. The van der Waals surface area contributed by atoms with Gasteiger partial charge >= 0.3 is 5.97 Å². The monoisotopic (exact) mass is 438 g/mol. The summed E-state index contributed by atoms with van der Waals surface area (Å²) in [5.41, 5.74) is 1.77. The second-order valence-corrected chi connectivity index (χ2v) is 8.75. The number of esters is 1. The second kappa shape index (κ2) is 9.28. The molecule has 0 fully saturated rings. The van der Waals surface area contributed by atoms with E-state index >= 15 is 0 Å². The fourth-order valence-corrected chi connectivity index (χ4v) is 4.16. The molecule has 2 rings (SSSR count). The number of ether oxygens (including phenoxy) is 1. The Labute approximate surface area is 175 Å². The highest BCUT2D eigenvalue weighted by Crippen LogP contribution is 2.25. The Morgan fingerprint density at radius 1 is 1.21 bits per heavy atom. The molecule has 0 spiro atoms. The van der Waals surface area contributed by atoms with Crippen LogP contribution >= 0.6 is 11.6 Å². The van der Waals surface area contributed by atoms with Gasteiger partial charge in [0.15, 0.2) is 0 Å². The van der Waals surface area contributed by atoms with Gasteiger partial charge in [-0.3, -0.25) is 9.10 Å². The molecule has 0 saturated carbocycles. The van der Waals surface area contributed by atoms with Crippen LogP contribution in [0.15, 0.2) is 42.5 Å². The zero-order valence-electron chi connectivity index (χ0n) is 16.6. The van der Waals surface area contributed by atoms with Crippen molar-refractivity contribution >= 4 is 44.9 Å². The molecule has 0 aliphatic rings. The number of hydrogen-bond acceptors (Lipinski definition) is 5. The van der Waals surface area contributed by atoms with Gasteiger partial charge in [0.05, 0.1) is 24.1 Å². The van der Waals surface area contributed by atoms with Crippen molar-refractivity contribution in [1.82, 2.24) is 0 Å². The molecule has 0 unspecified atom stereocenters. The third kappa shape index (κ3) is 5.71. The fourth-order valence-electron chi connectivity index (χ4n) is 2.80. The molecule has 1 N–H and O–H groups in total. The summed E-state index contributed by atoms with van der Waals surface area (Å²) in [4.78, 5) is 24.6. The number of hydrogen-bond donors (Lipinski definition) is 1. The highest BCUT2D eigenvalue weighted by atomic mass is 35.5. The van der Waals surface area contributed by atoms with Gasteiger partial charge < -0.3 is 10.1 Å². The smallest absolute Gasteiger partial charge is 0.338 e. The van der Waals surface area contributed by atoms with Crippen LogP contribution in [0.2, 0.25) is 5.02 Å². The summed E-state index contributed by atoms with van der Waals surface area (Å²) in [5.74, 6) is -0.978. The Morgan fingerprint density at radius 2 is 1.90 bits per heavy atom. The summed E-state index contributed by atoms with van der Waals surface area (Å²) >= 11 is 5.98. The van der Waals surface area contributed by atoms with Crippen LogP contribution in [-0.4, -0.2) is 39.2 Å². The van der Waals surface area contributed by atoms with Crippen LogP contribution in [0.4, 0.5) is 11.4 Å². The maximum atomic E-state index is 12.8. The lowest BCUT2D eigenvalue weighted by atomic mass is 10.1. The normalized spacial score (nSPS) is 12.2. The lowest BCUT2D eigenvalue weighted by Crippen LogP contribution is -2.45. The van der Waals surface area contributed by atoms with E-state index in [9.17, 15) is 18.0 Å². The van der Waals surface area contributed by atoms with Crippen molar-refractivity contribution in [2.24, 2.45) is 0 Å². The van der Waals surface area contributed by atoms with Crippen LogP contribution < -0.4 is 9.62 Å². The number of amides is 1. The van der Waals surface area contributed by atoms with Crippen molar-refractivity contribution in [3.05, 3.63) is 58.6 Å². The maximum absolute atomic E-state index is 12.8. The van der Waals surface area contributed by atoms with Gasteiger partial charge in [-0.2, -0.15) is 0 Å². The largest absolute Gasteiger partial charge is 0.462 e. The molecule has 9 heteroatoms. The molecule has 29 heavy (non-hydrogen) atoms. The minimum atomic E-state index is -3.75. The summed E-state index contributed by atoms with van der Waals surface area (Å²) in [6, 6.07) is 9.95. The first-order valence-electron chi connectivity index (χ1n) is 8.88. The average molecular weight is 439 g/mol. The minimum absolute atomic E-state index is 0.263. The van der Waals surface area contributed by atoms with E-state index in [0.717, 1.165) is 10.6 Å². The SMILES string of the molecule is CCOC(=O)c1ccc(NC(=O)[C@@H](C)N(c2cccc(Cl)c2)S(C)(=O)=O)c(C)c1. The van der Waals surface area contributed by atoms with Gasteiger partial charge in [0.25, 0.3) is 0 Å². The van der Waals surface area contributed by atoms with Gasteiger partial charge in [-0.1, -0.05) is 17.7 Å². The zero-order chi connectivity index (χ0) is 21.8. The van der Waals surface area contributed by atoms with Crippen LogP contribution in [0.3, 0.4) is 0 Å². The molecule has 0 aliphatic carbocycles. The van der Waals surface area contributed by atoms with Gasteiger partial charge in [0.1, 0.15) is 6.04 Å². The molecule has 0 saturated heterocycles. The Morgan fingerprint density at radius 3 is 2.45 bits per heavy atom. The molecular weight excluding hydrogens is 416 g/mol. The van der Waals surface area contributed by atoms with Gasteiger partial charge in [0.2, 0.25) is 15.9 Å². The average Bonchev–Trinajstić information content (AvgIpc) is 2.62. The second-order valence-electron chi connectivity index (χ2n) is 6.45. The highest BCUT2D eigenvalue weighted by Gasteiger charge is 2.29. The standard InChI is InChI=1S/C20H23ClN2O5S/c1-5-28-20(25)15-9-10-18(13(2)11-15)22-19(24)14(3)23(29(4,26)27)17-8-6-7-16(21)12-17/h6-12,14H,5H2,1-4H3,(H,22,24)/t14-/m1/s1. The zero-order valence-corrected chi connectivity index (χ0v) is 18.2. The van der Waals surface area contributed by atoms with E-state index in [4.69, 9.17) is 16.3 Å². The van der Waals surface area contributed by atoms with Crippen molar-refractivity contribution in [3.8, 4) is 0 Å². The fraction of sp³-hybridized carbons (Fsp3) is 0.300. The summed E-state index contributed by atoms with van der Waals surface area (Å²) in [6.07, 6.45) is 1.02. The molecule has 0 radical (unpaired) electrons. The van der Waals surface area contributed by atoms with E-state index in [1.165, 1.54) is 19.1 Å². The number of carbonyl (C=O) groups excluding carboxylic acids is 2. The van der Waals surface area contributed by atoms with E-state index in [2.05, 4.69) is 5.32 Å². The van der Waals surface area contributed by atoms with Crippen molar-refractivity contribution in [3.63, 3.8) is 0 Å². The summed E-state index contributed by atoms with van der Waals surface area (Å²) < 4.78 is 30.7. The molecule has 2 aromatic carbocycles. The van der Waals surface area contributed by atoms with Gasteiger partial charge in [-0.25, -0.2) is 13.2 Å². The summed E-state index contributed by atoms with van der Waals surface area (Å²) in [6.45, 7) is 5.20. The molecule has 0 bridgehead atoms. The third-order valence-corrected chi connectivity index (χ3v) is 5.62. The number of nitrogens with zero attached hydrogens (tertiary/aromatic N) is 1. The van der Waals surface area contributed by atoms with Gasteiger partial charge in [0, 0.05) is 10.7 Å². The Balaban J connectivity index is 2.27. The summed E-state index contributed by atoms with van der Waals surface area (Å²) in [5, 5.41) is 3.07. The Hall–Kier alpha value is -2.58. The lowest BCUT2D eigenvalue weighted by Gasteiger charge is -2.28. The Bertz CT molecular complexity index is 1020. The number of rotatable bonds is 7. The van der Waals surface area contributed by atoms with Crippen LogP contribution in [0.25, 0.3) is 0 Å². The first kappa shape index (κ1) is 22.7. The minimum Gasteiger partial charge on any atom is -0.462 e. The molecule has 1 atom stereocenters. The van der Waals surface area contributed by atoms with Gasteiger partial charge in [-0.05, 0) is 62.7 Å². The first-order chi connectivity index (χ1) is 13.5. The van der Waals surface area contributed by atoms with E-state index < -0.39 is 27.9 Å². The van der Waals surface area contributed by atoms with Crippen molar-refractivity contribution in [2.45, 2.75) is 26.8 Å². The number of halogens is 1. The van der Waals surface area contributed by atoms with Crippen LogP contribution in [0.5, 0.6) is 0 Å². The van der Waals surface area contributed by atoms with Crippen molar-refractivity contribution < 1.29 is 22.7 Å². The third-order valence-electron chi connectivity index (χ3n) is 4.15. The van der Waals surface area contributed by atoms with E-state index in [1.807, 2.05) is 0 Å². The molecular formula is C20H23ClN2O5S. The van der Waals surface area contributed by atoms with Crippen LogP contribution in [-0.2, 0) is 19.6 Å². The predicted octanol–water partition coefficient (Wildman–Crippen LogP) is 3.62. The van der Waals surface area contributed by atoms with E-state index in [1.54, 1.807) is 44.2 Å². The first-order valence-corrected chi connectivity index (χ1v) is 11.1. The van der Waals surface area contributed by atoms with E-state index in [-0.39, 0.29) is 12.3 Å². The lowest BCUT2D eigenvalue weighted by molar-refractivity contribution is -0.116. The Kier molecular flexibility index (Phi) is 7.26. The molecule has 2 aromatic rings. The molecule has 0 aliphatic heterocycles. The topological polar surface area (TPSA) is 92.8 Å². The molecule has 1 amide bonds. The number of sulfonamides is 1. The van der Waals surface area contributed by atoms with Crippen molar-refractivity contribution in [1.29, 1.82) is 0 Å². The quantitative estimate of drug-likeness (QED) is 0.666. The van der Waals surface area contributed by atoms with Crippen LogP contribution in [0, 0.1) is 6.92 Å². The van der Waals surface area contributed by atoms with Crippen LogP contribution in [0.1, 0.15) is 29.8 Å². The maximum Gasteiger partial charge on any atom is 0.338 e. The molecule has 156 valence electrons. The van der Waals surface area contributed by atoms with E-state index in [0.29, 0.717) is 21.8 Å². The van der Waals surface area contributed by atoms with Gasteiger partial charge in [-0.15, -0.1) is 0 Å². The van der Waals surface area contributed by atoms with Crippen molar-refractivity contribution in [2.75, 3.05) is 22.5 Å². The predicted molar refractivity (Wildman–Crippen MR) is 114 cm³/mol. The molecule has 7 nitrogen and oxygen atoms in total. The number of anilines is 2. The highest BCUT2D eigenvalue weighted by molar-refractivity contribution is 7.92.